The van der Waals surface area contributed by atoms with Crippen LogP contribution in [0.1, 0.15) is 16.9 Å². The summed E-state index contributed by atoms with van der Waals surface area (Å²) in [5.41, 5.74) is 2.36. The van der Waals surface area contributed by atoms with Gasteiger partial charge in [-0.1, -0.05) is 35.9 Å². The van der Waals surface area contributed by atoms with Crippen LogP contribution in [0, 0.1) is 24.1 Å². The van der Waals surface area contributed by atoms with E-state index in [2.05, 4.69) is 0 Å². The van der Waals surface area contributed by atoms with E-state index >= 15 is 0 Å². The minimum Gasteiger partial charge on any atom is -0.457 e. The van der Waals surface area contributed by atoms with Crippen molar-refractivity contribution >= 4 is 23.3 Å². The lowest BCUT2D eigenvalue weighted by Crippen LogP contribution is -1.86. The van der Waals surface area contributed by atoms with E-state index in [9.17, 15) is 9.65 Å². The third-order valence-electron chi connectivity index (χ3n) is 3.66. The monoisotopic (exact) mass is 337 g/mol. The van der Waals surface area contributed by atoms with Gasteiger partial charge in [0.25, 0.3) is 0 Å². The number of benzene rings is 2. The van der Waals surface area contributed by atoms with Crippen LogP contribution in [0.3, 0.4) is 0 Å². The molecule has 3 aromatic rings. The molecule has 0 fully saturated rings. The summed E-state index contributed by atoms with van der Waals surface area (Å²) in [7, 11) is 0. The molecule has 0 saturated carbocycles. The van der Waals surface area contributed by atoms with E-state index < -0.39 is 5.82 Å². The molecule has 0 N–H and O–H groups in total. The molecule has 2 nitrogen and oxygen atoms in total. The van der Waals surface area contributed by atoms with E-state index in [0.717, 1.165) is 11.1 Å². The molecular formula is C20H13ClFNO. The highest BCUT2D eigenvalue weighted by molar-refractivity contribution is 6.30. The van der Waals surface area contributed by atoms with Crippen molar-refractivity contribution in [1.29, 1.82) is 5.26 Å². The molecule has 4 heteroatoms. The minimum absolute atomic E-state index is 0.205. The maximum absolute atomic E-state index is 13.9. The Labute approximate surface area is 144 Å². The number of rotatable bonds is 3. The second-order valence-corrected chi connectivity index (χ2v) is 5.75. The molecule has 0 saturated heterocycles. The molecule has 0 aliphatic heterocycles. The fraction of sp³-hybridized carbons (Fsp3) is 0.0500. The van der Waals surface area contributed by atoms with Gasteiger partial charge in [0, 0.05) is 16.1 Å². The molecule has 24 heavy (non-hydrogen) atoms. The number of hydrogen-bond donors (Lipinski definition) is 0. The van der Waals surface area contributed by atoms with Crippen LogP contribution in [0.5, 0.6) is 0 Å². The molecule has 0 aliphatic rings. The Hall–Kier alpha value is -2.83. The second-order valence-electron chi connectivity index (χ2n) is 5.31. The van der Waals surface area contributed by atoms with Crippen LogP contribution in [0.25, 0.3) is 23.0 Å². The lowest BCUT2D eigenvalue weighted by Gasteiger charge is -2.03. The molecule has 0 aliphatic carbocycles. The Morgan fingerprint density at radius 1 is 1.17 bits per heavy atom. The summed E-state index contributed by atoms with van der Waals surface area (Å²) in [4.78, 5) is 0. The van der Waals surface area contributed by atoms with Crippen LogP contribution >= 0.6 is 11.6 Å². The largest absolute Gasteiger partial charge is 0.457 e. The highest BCUT2D eigenvalue weighted by Crippen LogP contribution is 2.30. The number of nitrogens with zero attached hydrogens (tertiary/aromatic N) is 1. The van der Waals surface area contributed by atoms with Gasteiger partial charge in [0.1, 0.15) is 17.3 Å². The maximum atomic E-state index is 13.9. The average molecular weight is 338 g/mol. The smallest absolute Gasteiger partial charge is 0.135 e. The zero-order chi connectivity index (χ0) is 17.1. The number of aryl methyl sites for hydroxylation is 1. The predicted molar refractivity (Wildman–Crippen MR) is 93.8 cm³/mol. The van der Waals surface area contributed by atoms with Crippen molar-refractivity contribution < 1.29 is 8.81 Å². The summed E-state index contributed by atoms with van der Waals surface area (Å²) in [6, 6.07) is 17.3. The fourth-order valence-corrected chi connectivity index (χ4v) is 2.60. The number of allylic oxidation sites excluding steroid dienone is 1. The number of hydrogen-bond acceptors (Lipinski definition) is 2. The Kier molecular flexibility index (Phi) is 4.50. The zero-order valence-corrected chi connectivity index (χ0v) is 13.6. The molecular weight excluding hydrogens is 325 g/mol. The lowest BCUT2D eigenvalue weighted by atomic mass is 10.1. The zero-order valence-electron chi connectivity index (χ0n) is 12.9. The van der Waals surface area contributed by atoms with E-state index in [1.165, 1.54) is 12.1 Å². The van der Waals surface area contributed by atoms with Crippen molar-refractivity contribution in [2.45, 2.75) is 6.92 Å². The summed E-state index contributed by atoms with van der Waals surface area (Å²) in [5.74, 6) is 0.680. The normalized spacial score (nSPS) is 11.3. The first-order chi connectivity index (χ1) is 11.6. The summed E-state index contributed by atoms with van der Waals surface area (Å²) in [5, 5.41) is 9.94. The van der Waals surface area contributed by atoms with E-state index in [1.807, 2.05) is 31.2 Å². The molecule has 0 bridgehead atoms. The first kappa shape index (κ1) is 16.0. The van der Waals surface area contributed by atoms with Crippen LogP contribution in [-0.2, 0) is 0 Å². The number of nitriles is 1. The standard InChI is InChI=1S/C20H13ClFNO/c1-13-6-7-15(21)11-18(13)20-9-8-16(24-20)10-14(12-23)17-4-2-3-5-19(17)22/h2-11H,1H3/b14-10-. The maximum Gasteiger partial charge on any atom is 0.135 e. The van der Waals surface area contributed by atoms with Gasteiger partial charge < -0.3 is 4.42 Å². The summed E-state index contributed by atoms with van der Waals surface area (Å²) >= 11 is 6.04. The lowest BCUT2D eigenvalue weighted by molar-refractivity contribution is 0.571. The molecule has 1 aromatic heterocycles. The van der Waals surface area contributed by atoms with E-state index in [1.54, 1.807) is 30.3 Å². The van der Waals surface area contributed by atoms with Gasteiger partial charge in [0.05, 0.1) is 11.6 Å². The van der Waals surface area contributed by atoms with Crippen molar-refractivity contribution in [3.8, 4) is 17.4 Å². The molecule has 118 valence electrons. The number of furan rings is 1. The van der Waals surface area contributed by atoms with Gasteiger partial charge in [-0.25, -0.2) is 4.39 Å². The van der Waals surface area contributed by atoms with Crippen molar-refractivity contribution in [1.82, 2.24) is 0 Å². The second kappa shape index (κ2) is 6.74. The van der Waals surface area contributed by atoms with Crippen molar-refractivity contribution in [2.75, 3.05) is 0 Å². The SMILES string of the molecule is Cc1ccc(Cl)cc1-c1ccc(/C=C(/C#N)c2ccccc2F)o1. The molecule has 0 amide bonds. The Morgan fingerprint density at radius 3 is 2.71 bits per heavy atom. The average Bonchev–Trinajstić information content (AvgIpc) is 3.04. The molecule has 3 rings (SSSR count). The molecule has 0 unspecified atom stereocenters. The molecule has 1 heterocycles. The van der Waals surface area contributed by atoms with Crippen molar-refractivity contribution in [2.24, 2.45) is 0 Å². The minimum atomic E-state index is -0.442. The molecule has 0 spiro atoms. The van der Waals surface area contributed by atoms with Gasteiger partial charge >= 0.3 is 0 Å². The van der Waals surface area contributed by atoms with Crippen molar-refractivity contribution in [3.05, 3.63) is 82.3 Å². The highest BCUT2D eigenvalue weighted by Gasteiger charge is 2.10. The summed E-state index contributed by atoms with van der Waals surface area (Å²) < 4.78 is 19.7. The van der Waals surface area contributed by atoms with E-state index in [4.69, 9.17) is 16.0 Å². The first-order valence-electron chi connectivity index (χ1n) is 7.31. The van der Waals surface area contributed by atoms with Crippen LogP contribution in [0.4, 0.5) is 4.39 Å². The van der Waals surface area contributed by atoms with Gasteiger partial charge in [0.2, 0.25) is 0 Å². The molecule has 2 aromatic carbocycles. The summed E-state index contributed by atoms with van der Waals surface area (Å²) in [6.07, 6.45) is 1.53. The van der Waals surface area contributed by atoms with Crippen molar-refractivity contribution in [3.63, 3.8) is 0 Å². The third kappa shape index (κ3) is 3.24. The van der Waals surface area contributed by atoms with Crippen LogP contribution < -0.4 is 0 Å². The Balaban J connectivity index is 2.00. The van der Waals surface area contributed by atoms with Gasteiger partial charge in [-0.3, -0.25) is 0 Å². The van der Waals surface area contributed by atoms with Crippen LogP contribution in [-0.4, -0.2) is 0 Å². The number of halogens is 2. The Bertz CT molecular complexity index is 966. The topological polar surface area (TPSA) is 36.9 Å². The highest BCUT2D eigenvalue weighted by atomic mass is 35.5. The van der Waals surface area contributed by atoms with E-state index in [-0.39, 0.29) is 11.1 Å². The Morgan fingerprint density at radius 2 is 1.96 bits per heavy atom. The van der Waals surface area contributed by atoms with Gasteiger partial charge in [-0.15, -0.1) is 0 Å². The molecule has 0 radical (unpaired) electrons. The van der Waals surface area contributed by atoms with Gasteiger partial charge in [-0.05, 0) is 48.9 Å². The quantitative estimate of drug-likeness (QED) is 0.540. The van der Waals surface area contributed by atoms with Crippen LogP contribution in [0.2, 0.25) is 5.02 Å². The predicted octanol–water partition coefficient (Wildman–Crippen LogP) is 6.11. The van der Waals surface area contributed by atoms with Crippen LogP contribution in [0.15, 0.2) is 59.0 Å². The first-order valence-corrected chi connectivity index (χ1v) is 7.69. The van der Waals surface area contributed by atoms with E-state index in [0.29, 0.717) is 16.5 Å². The van der Waals surface area contributed by atoms with Gasteiger partial charge in [0.15, 0.2) is 0 Å². The fourth-order valence-electron chi connectivity index (χ4n) is 2.43. The molecule has 0 atom stereocenters. The third-order valence-corrected chi connectivity index (χ3v) is 3.90. The summed E-state index contributed by atoms with van der Waals surface area (Å²) in [6.45, 7) is 1.96. The van der Waals surface area contributed by atoms with Gasteiger partial charge in [-0.2, -0.15) is 5.26 Å².